The van der Waals surface area contributed by atoms with Gasteiger partial charge in [-0.05, 0) is 11.6 Å². The van der Waals surface area contributed by atoms with E-state index in [4.69, 9.17) is 10.5 Å². The van der Waals surface area contributed by atoms with Gasteiger partial charge in [0.25, 0.3) is 0 Å². The maximum atomic E-state index is 5.76. The number of aromatic nitrogens is 4. The highest BCUT2D eigenvalue weighted by Gasteiger charge is 2.15. The van der Waals surface area contributed by atoms with Gasteiger partial charge < -0.3 is 20.7 Å². The van der Waals surface area contributed by atoms with Gasteiger partial charge in [-0.25, -0.2) is 0 Å². The first-order valence-electron chi connectivity index (χ1n) is 6.78. The van der Waals surface area contributed by atoms with Crippen molar-refractivity contribution in [3.8, 4) is 0 Å². The molecule has 1 aliphatic rings. The summed E-state index contributed by atoms with van der Waals surface area (Å²) in [5.41, 5.74) is 6.81. The summed E-state index contributed by atoms with van der Waals surface area (Å²) in [6, 6.07) is 3.87. The van der Waals surface area contributed by atoms with Crippen LogP contribution in [0.4, 0.5) is 17.8 Å². The summed E-state index contributed by atoms with van der Waals surface area (Å²) in [6.45, 7) is 3.44. The maximum absolute atomic E-state index is 5.76. The van der Waals surface area contributed by atoms with E-state index in [9.17, 15) is 0 Å². The second-order valence-electron chi connectivity index (χ2n) is 4.63. The number of nitrogens with one attached hydrogen (secondary N) is 1. The Hall–Kier alpha value is -2.48. The van der Waals surface area contributed by atoms with E-state index in [1.54, 1.807) is 12.4 Å². The van der Waals surface area contributed by atoms with Gasteiger partial charge in [-0.1, -0.05) is 6.07 Å². The number of anilines is 3. The van der Waals surface area contributed by atoms with Crippen LogP contribution in [0.5, 0.6) is 0 Å². The lowest BCUT2D eigenvalue weighted by Crippen LogP contribution is -2.37. The predicted molar refractivity (Wildman–Crippen MR) is 78.8 cm³/mol. The SMILES string of the molecule is Nc1nc(NCc2cccnc2)nc(N2CCOCC2)n1. The lowest BCUT2D eigenvalue weighted by atomic mass is 10.3. The summed E-state index contributed by atoms with van der Waals surface area (Å²) >= 11 is 0. The molecule has 2 aromatic heterocycles. The Morgan fingerprint density at radius 1 is 1.24 bits per heavy atom. The van der Waals surface area contributed by atoms with Crippen molar-refractivity contribution in [3.63, 3.8) is 0 Å². The topological polar surface area (TPSA) is 102 Å². The van der Waals surface area contributed by atoms with Crippen molar-refractivity contribution in [1.29, 1.82) is 0 Å². The van der Waals surface area contributed by atoms with E-state index in [1.165, 1.54) is 0 Å². The molecule has 8 nitrogen and oxygen atoms in total. The normalized spacial score (nSPS) is 15.0. The summed E-state index contributed by atoms with van der Waals surface area (Å²) in [6.07, 6.45) is 3.53. The molecule has 1 saturated heterocycles. The Labute approximate surface area is 122 Å². The van der Waals surface area contributed by atoms with Crippen LogP contribution in [0.25, 0.3) is 0 Å². The summed E-state index contributed by atoms with van der Waals surface area (Å²) < 4.78 is 5.32. The zero-order chi connectivity index (χ0) is 14.5. The third-order valence-electron chi connectivity index (χ3n) is 3.11. The Morgan fingerprint density at radius 3 is 2.86 bits per heavy atom. The van der Waals surface area contributed by atoms with E-state index in [-0.39, 0.29) is 5.95 Å². The molecule has 0 aliphatic carbocycles. The number of rotatable bonds is 4. The molecule has 2 aromatic rings. The fourth-order valence-corrected chi connectivity index (χ4v) is 2.05. The number of hydrogen-bond acceptors (Lipinski definition) is 8. The number of hydrogen-bond donors (Lipinski definition) is 2. The van der Waals surface area contributed by atoms with Crippen molar-refractivity contribution in [2.24, 2.45) is 0 Å². The van der Waals surface area contributed by atoms with Gasteiger partial charge in [-0.3, -0.25) is 4.98 Å². The molecule has 3 rings (SSSR count). The van der Waals surface area contributed by atoms with Crippen LogP contribution >= 0.6 is 0 Å². The van der Waals surface area contributed by atoms with Crippen LogP contribution in [-0.4, -0.2) is 46.2 Å². The second kappa shape index (κ2) is 6.31. The molecule has 0 spiro atoms. The maximum Gasteiger partial charge on any atom is 0.232 e. The average molecular weight is 287 g/mol. The van der Waals surface area contributed by atoms with Crippen molar-refractivity contribution in [1.82, 2.24) is 19.9 Å². The van der Waals surface area contributed by atoms with E-state index in [2.05, 4.69) is 25.3 Å². The Kier molecular flexibility index (Phi) is 4.06. The number of morpholine rings is 1. The first kappa shape index (κ1) is 13.5. The molecule has 0 bridgehead atoms. The Morgan fingerprint density at radius 2 is 2.10 bits per heavy atom. The van der Waals surface area contributed by atoms with Crippen LogP contribution in [-0.2, 0) is 11.3 Å². The van der Waals surface area contributed by atoms with Crippen LogP contribution in [0.3, 0.4) is 0 Å². The molecule has 0 unspecified atom stereocenters. The van der Waals surface area contributed by atoms with Crippen molar-refractivity contribution >= 4 is 17.8 Å². The van der Waals surface area contributed by atoms with E-state index in [0.717, 1.165) is 18.7 Å². The highest BCUT2D eigenvalue weighted by Crippen LogP contribution is 2.14. The van der Waals surface area contributed by atoms with E-state index >= 15 is 0 Å². The van der Waals surface area contributed by atoms with Crippen LogP contribution in [0.15, 0.2) is 24.5 Å². The van der Waals surface area contributed by atoms with Crippen LogP contribution in [0, 0.1) is 0 Å². The molecule has 21 heavy (non-hydrogen) atoms. The van der Waals surface area contributed by atoms with Gasteiger partial charge in [0.1, 0.15) is 0 Å². The summed E-state index contributed by atoms with van der Waals surface area (Å²) in [5, 5.41) is 3.14. The largest absolute Gasteiger partial charge is 0.378 e. The number of nitrogens with zero attached hydrogens (tertiary/aromatic N) is 5. The van der Waals surface area contributed by atoms with E-state index in [1.807, 2.05) is 17.0 Å². The molecule has 0 aromatic carbocycles. The monoisotopic (exact) mass is 287 g/mol. The minimum atomic E-state index is 0.208. The van der Waals surface area contributed by atoms with Gasteiger partial charge in [-0.15, -0.1) is 0 Å². The lowest BCUT2D eigenvalue weighted by Gasteiger charge is -2.26. The van der Waals surface area contributed by atoms with Gasteiger partial charge in [0.2, 0.25) is 17.8 Å². The van der Waals surface area contributed by atoms with Gasteiger partial charge in [-0.2, -0.15) is 15.0 Å². The van der Waals surface area contributed by atoms with Crippen LogP contribution in [0.1, 0.15) is 5.56 Å². The van der Waals surface area contributed by atoms with Gasteiger partial charge >= 0.3 is 0 Å². The first-order chi connectivity index (χ1) is 10.3. The molecule has 1 fully saturated rings. The zero-order valence-corrected chi connectivity index (χ0v) is 11.6. The molecule has 0 atom stereocenters. The van der Waals surface area contributed by atoms with Crippen LogP contribution in [0.2, 0.25) is 0 Å². The summed E-state index contributed by atoms with van der Waals surface area (Å²) in [4.78, 5) is 18.8. The lowest BCUT2D eigenvalue weighted by molar-refractivity contribution is 0.122. The highest BCUT2D eigenvalue weighted by molar-refractivity contribution is 5.42. The highest BCUT2D eigenvalue weighted by atomic mass is 16.5. The fourth-order valence-electron chi connectivity index (χ4n) is 2.05. The molecule has 3 N–H and O–H groups in total. The van der Waals surface area contributed by atoms with Crippen molar-refractivity contribution in [2.75, 3.05) is 42.3 Å². The van der Waals surface area contributed by atoms with Crippen molar-refractivity contribution in [3.05, 3.63) is 30.1 Å². The standard InChI is InChI=1S/C13H17N7O/c14-11-17-12(16-9-10-2-1-3-15-8-10)19-13(18-11)20-4-6-21-7-5-20/h1-3,8H,4-7,9H2,(H3,14,16,17,18,19). The molecular formula is C13H17N7O. The Bertz CT molecular complexity index is 586. The predicted octanol–water partition coefficient (Wildman–Crippen LogP) is 0.297. The number of ether oxygens (including phenoxy) is 1. The summed E-state index contributed by atoms with van der Waals surface area (Å²) in [7, 11) is 0. The molecular weight excluding hydrogens is 270 g/mol. The molecule has 0 amide bonds. The van der Waals surface area contributed by atoms with Gasteiger partial charge in [0.05, 0.1) is 13.2 Å². The minimum Gasteiger partial charge on any atom is -0.378 e. The third kappa shape index (κ3) is 3.54. The second-order valence-corrected chi connectivity index (χ2v) is 4.63. The molecule has 110 valence electrons. The number of nitrogens with two attached hydrogens (primary N) is 1. The minimum absolute atomic E-state index is 0.208. The third-order valence-corrected chi connectivity index (χ3v) is 3.11. The summed E-state index contributed by atoms with van der Waals surface area (Å²) in [5.74, 6) is 1.26. The van der Waals surface area contributed by atoms with Gasteiger partial charge in [0.15, 0.2) is 0 Å². The van der Waals surface area contributed by atoms with E-state index < -0.39 is 0 Å². The fraction of sp³-hybridized carbons (Fsp3) is 0.385. The smallest absolute Gasteiger partial charge is 0.232 e. The molecule has 0 radical (unpaired) electrons. The molecule has 8 heteroatoms. The van der Waals surface area contributed by atoms with Crippen molar-refractivity contribution < 1.29 is 4.74 Å². The zero-order valence-electron chi connectivity index (χ0n) is 11.6. The number of pyridine rings is 1. The van der Waals surface area contributed by atoms with Gasteiger partial charge in [0, 0.05) is 32.0 Å². The molecule has 0 saturated carbocycles. The first-order valence-corrected chi connectivity index (χ1v) is 6.78. The van der Waals surface area contributed by atoms with Crippen LogP contribution < -0.4 is 16.0 Å². The molecule has 3 heterocycles. The van der Waals surface area contributed by atoms with Crippen molar-refractivity contribution in [2.45, 2.75) is 6.54 Å². The Balaban J connectivity index is 1.71. The average Bonchev–Trinajstić information content (AvgIpc) is 2.54. The molecule has 1 aliphatic heterocycles. The number of nitrogen functional groups attached to an aromatic ring is 1. The quantitative estimate of drug-likeness (QED) is 0.827. The van der Waals surface area contributed by atoms with E-state index in [0.29, 0.717) is 31.7 Å².